The number of carbonyl (C=O) groups excluding carboxylic acids is 3. The van der Waals surface area contributed by atoms with Crippen LogP contribution in [-0.4, -0.2) is 42.3 Å². The van der Waals surface area contributed by atoms with E-state index in [0.29, 0.717) is 37.7 Å². The van der Waals surface area contributed by atoms with Gasteiger partial charge >= 0.3 is 0 Å². The number of carbonyl (C=O) groups is 3. The second-order valence-corrected chi connectivity index (χ2v) is 7.23. The van der Waals surface area contributed by atoms with E-state index in [4.69, 9.17) is 10.5 Å². The number of benzene rings is 2. The van der Waals surface area contributed by atoms with E-state index in [1.165, 1.54) is 0 Å². The maximum atomic E-state index is 14.0. The normalized spacial score (nSPS) is 14.2. The van der Waals surface area contributed by atoms with Crippen molar-refractivity contribution in [2.75, 3.05) is 25.0 Å². The third-order valence-corrected chi connectivity index (χ3v) is 5.13. The van der Waals surface area contributed by atoms with Gasteiger partial charge in [-0.05, 0) is 31.0 Å². The lowest BCUT2D eigenvalue weighted by atomic mass is 9.95. The maximum absolute atomic E-state index is 14.0. The number of hydrogen-bond donors (Lipinski definition) is 2. The van der Waals surface area contributed by atoms with Gasteiger partial charge in [0.05, 0.1) is 24.3 Å². The molecule has 0 atom stereocenters. The van der Waals surface area contributed by atoms with E-state index in [-0.39, 0.29) is 24.6 Å². The van der Waals surface area contributed by atoms with Crippen LogP contribution in [0.3, 0.4) is 0 Å². The molecule has 0 bridgehead atoms. The van der Waals surface area contributed by atoms with Gasteiger partial charge in [-0.15, -0.1) is 0 Å². The van der Waals surface area contributed by atoms with Crippen molar-refractivity contribution >= 4 is 23.4 Å². The molecule has 0 aliphatic carbocycles. The Morgan fingerprint density at radius 1 is 1.06 bits per heavy atom. The highest BCUT2D eigenvalue weighted by atomic mass is 19.1. The van der Waals surface area contributed by atoms with Crippen molar-refractivity contribution in [3.63, 3.8) is 0 Å². The fraction of sp³-hybridized carbons (Fsp3) is 0.318. The number of amides is 3. The number of rotatable bonds is 7. The second kappa shape index (κ2) is 10.0. The van der Waals surface area contributed by atoms with Crippen molar-refractivity contribution in [1.82, 2.24) is 4.90 Å². The molecule has 3 amide bonds. The molecule has 3 rings (SSSR count). The summed E-state index contributed by atoms with van der Waals surface area (Å²) in [6, 6.07) is 10.6. The van der Waals surface area contributed by atoms with Crippen LogP contribution < -0.4 is 15.8 Å². The first-order valence-corrected chi connectivity index (χ1v) is 9.90. The number of para-hydroxylation sites is 1. The molecule has 7 nitrogen and oxygen atoms in total. The van der Waals surface area contributed by atoms with E-state index in [1.54, 1.807) is 4.90 Å². The number of halogens is 2. The number of nitrogens with zero attached hydrogens (tertiary/aromatic N) is 1. The largest absolute Gasteiger partial charge is 0.493 e. The molecule has 0 aromatic heterocycles. The minimum Gasteiger partial charge on any atom is -0.493 e. The predicted molar refractivity (Wildman–Crippen MR) is 109 cm³/mol. The van der Waals surface area contributed by atoms with Crippen LogP contribution in [0, 0.1) is 17.6 Å². The van der Waals surface area contributed by atoms with Gasteiger partial charge in [-0.3, -0.25) is 14.4 Å². The minimum absolute atomic E-state index is 0.0644. The first kappa shape index (κ1) is 22.2. The Morgan fingerprint density at radius 2 is 1.74 bits per heavy atom. The first-order valence-electron chi connectivity index (χ1n) is 9.90. The highest BCUT2D eigenvalue weighted by Gasteiger charge is 2.28. The summed E-state index contributed by atoms with van der Waals surface area (Å²) < 4.78 is 33.1. The van der Waals surface area contributed by atoms with Crippen molar-refractivity contribution in [3.05, 3.63) is 59.7 Å². The Morgan fingerprint density at radius 3 is 2.39 bits per heavy atom. The molecule has 1 fully saturated rings. The number of hydrogen-bond acceptors (Lipinski definition) is 4. The van der Waals surface area contributed by atoms with Gasteiger partial charge in [0, 0.05) is 25.1 Å². The highest BCUT2D eigenvalue weighted by molar-refractivity contribution is 5.97. The fourth-order valence-electron chi connectivity index (χ4n) is 3.39. The molecule has 9 heteroatoms. The Bertz CT molecular complexity index is 961. The molecule has 0 radical (unpaired) electrons. The molecule has 1 saturated heterocycles. The van der Waals surface area contributed by atoms with Crippen molar-refractivity contribution in [1.29, 1.82) is 0 Å². The van der Waals surface area contributed by atoms with Gasteiger partial charge in [0.2, 0.25) is 11.8 Å². The summed E-state index contributed by atoms with van der Waals surface area (Å²) >= 11 is 0. The number of likely N-dealkylation sites (tertiary alicyclic amines) is 1. The van der Waals surface area contributed by atoms with Crippen molar-refractivity contribution in [2.45, 2.75) is 19.3 Å². The molecular formula is C22H23F2N3O4. The number of piperidine rings is 1. The van der Waals surface area contributed by atoms with Crippen LogP contribution in [0.2, 0.25) is 0 Å². The van der Waals surface area contributed by atoms with Crippen LogP contribution in [0.25, 0.3) is 0 Å². The molecule has 31 heavy (non-hydrogen) atoms. The molecule has 1 aliphatic heterocycles. The lowest BCUT2D eigenvalue weighted by Crippen LogP contribution is -2.41. The monoisotopic (exact) mass is 431 g/mol. The number of ether oxygens (including phenoxy) is 1. The summed E-state index contributed by atoms with van der Waals surface area (Å²) in [7, 11) is 0. The Kier molecular flexibility index (Phi) is 7.17. The van der Waals surface area contributed by atoms with Gasteiger partial charge < -0.3 is 20.7 Å². The Labute approximate surface area is 178 Å². The van der Waals surface area contributed by atoms with Crippen molar-refractivity contribution in [3.8, 4) is 5.75 Å². The van der Waals surface area contributed by atoms with Crippen molar-refractivity contribution < 1.29 is 27.9 Å². The highest BCUT2D eigenvalue weighted by Crippen LogP contribution is 2.23. The number of nitrogens with one attached hydrogen (secondary N) is 1. The zero-order valence-corrected chi connectivity index (χ0v) is 16.8. The summed E-state index contributed by atoms with van der Waals surface area (Å²) in [6.45, 7) is 1.04. The third kappa shape index (κ3) is 5.78. The quantitative estimate of drug-likeness (QED) is 0.704. The van der Waals surface area contributed by atoms with Gasteiger partial charge in [-0.2, -0.15) is 0 Å². The van der Waals surface area contributed by atoms with E-state index in [9.17, 15) is 23.2 Å². The summed E-state index contributed by atoms with van der Waals surface area (Å²) in [5, 5.41) is 2.39. The van der Waals surface area contributed by atoms with E-state index < -0.39 is 34.9 Å². The lowest BCUT2D eigenvalue weighted by Gasteiger charge is -2.31. The molecule has 0 saturated carbocycles. The van der Waals surface area contributed by atoms with E-state index >= 15 is 0 Å². The van der Waals surface area contributed by atoms with Gasteiger partial charge in [-0.25, -0.2) is 8.78 Å². The van der Waals surface area contributed by atoms with E-state index in [0.717, 1.165) is 6.07 Å². The molecular weight excluding hydrogens is 408 g/mol. The summed E-state index contributed by atoms with van der Waals surface area (Å²) in [6.07, 6.45) is 1.04. The molecule has 164 valence electrons. The molecule has 2 aromatic rings. The fourth-order valence-corrected chi connectivity index (χ4v) is 3.39. The third-order valence-electron chi connectivity index (χ3n) is 5.13. The Balaban J connectivity index is 1.48. The predicted octanol–water partition coefficient (Wildman–Crippen LogP) is 2.71. The van der Waals surface area contributed by atoms with Crippen LogP contribution in [0.15, 0.2) is 42.5 Å². The number of anilines is 1. The summed E-state index contributed by atoms with van der Waals surface area (Å²) in [4.78, 5) is 37.7. The van der Waals surface area contributed by atoms with Crippen LogP contribution in [-0.2, 0) is 9.59 Å². The van der Waals surface area contributed by atoms with Gasteiger partial charge in [0.25, 0.3) is 5.91 Å². The van der Waals surface area contributed by atoms with Gasteiger partial charge in [-0.1, -0.05) is 18.2 Å². The topological polar surface area (TPSA) is 102 Å². The standard InChI is InChI=1S/C22H23F2N3O4/c23-17-13-18(24)19(12-16(17)21(25)29)26-22(30)14-6-9-27(10-7-14)20(28)8-11-31-15-4-2-1-3-5-15/h1-5,12-14H,6-11H2,(H2,25,29)(H,26,30). The molecule has 2 aromatic carbocycles. The lowest BCUT2D eigenvalue weighted by molar-refractivity contribution is -0.135. The van der Waals surface area contributed by atoms with Crippen LogP contribution >= 0.6 is 0 Å². The summed E-state index contributed by atoms with van der Waals surface area (Å²) in [5.41, 5.74) is 4.24. The zero-order chi connectivity index (χ0) is 22.4. The summed E-state index contributed by atoms with van der Waals surface area (Å²) in [5.74, 6) is -3.42. The number of primary amides is 1. The maximum Gasteiger partial charge on any atom is 0.251 e. The SMILES string of the molecule is NC(=O)c1cc(NC(=O)C2CCN(C(=O)CCOc3ccccc3)CC2)c(F)cc1F. The second-order valence-electron chi connectivity index (χ2n) is 7.23. The van der Waals surface area contributed by atoms with Crippen LogP contribution in [0.4, 0.5) is 14.5 Å². The van der Waals surface area contributed by atoms with E-state index in [2.05, 4.69) is 5.32 Å². The average molecular weight is 431 g/mol. The first-order chi connectivity index (χ1) is 14.8. The minimum atomic E-state index is -1.09. The zero-order valence-electron chi connectivity index (χ0n) is 16.8. The van der Waals surface area contributed by atoms with Crippen LogP contribution in [0.5, 0.6) is 5.75 Å². The smallest absolute Gasteiger partial charge is 0.251 e. The van der Waals surface area contributed by atoms with Crippen LogP contribution in [0.1, 0.15) is 29.6 Å². The Hall–Kier alpha value is -3.49. The molecule has 3 N–H and O–H groups in total. The molecule has 0 spiro atoms. The van der Waals surface area contributed by atoms with E-state index in [1.807, 2.05) is 30.3 Å². The molecule has 1 aliphatic rings. The van der Waals surface area contributed by atoms with Gasteiger partial charge in [0.15, 0.2) is 0 Å². The number of nitrogens with two attached hydrogens (primary N) is 1. The van der Waals surface area contributed by atoms with Gasteiger partial charge in [0.1, 0.15) is 17.4 Å². The molecule has 0 unspecified atom stereocenters. The molecule has 1 heterocycles. The average Bonchev–Trinajstić information content (AvgIpc) is 2.76. The van der Waals surface area contributed by atoms with Crippen molar-refractivity contribution in [2.24, 2.45) is 11.7 Å².